The highest BCUT2D eigenvalue weighted by Gasteiger charge is 2.47. The van der Waals surface area contributed by atoms with Gasteiger partial charge >= 0.3 is 0 Å². The molecule has 0 radical (unpaired) electrons. The number of anilines is 1. The highest BCUT2D eigenvalue weighted by Crippen LogP contribution is 2.53. The van der Waals surface area contributed by atoms with E-state index < -0.39 is 0 Å². The van der Waals surface area contributed by atoms with E-state index in [1.54, 1.807) is 4.90 Å². The Morgan fingerprint density at radius 1 is 1.00 bits per heavy atom. The Labute approximate surface area is 182 Å². The number of amidine groups is 1. The van der Waals surface area contributed by atoms with E-state index in [9.17, 15) is 5.41 Å². The minimum Gasteiger partial charge on any atom is -0.291 e. The molecule has 3 nitrogen and oxygen atoms in total. The highest BCUT2D eigenvalue weighted by atomic mass is 15.2. The first kappa shape index (κ1) is 22.3. The van der Waals surface area contributed by atoms with E-state index >= 15 is 0 Å². The fraction of sp³-hybridized carbons (Fsp3) is 0.481. The average molecular weight is 404 g/mol. The van der Waals surface area contributed by atoms with Crippen molar-refractivity contribution in [1.82, 2.24) is 0 Å². The number of benzene rings is 2. The van der Waals surface area contributed by atoms with Crippen LogP contribution in [0.2, 0.25) is 0 Å². The summed E-state index contributed by atoms with van der Waals surface area (Å²) in [7, 11) is 0. The first-order chi connectivity index (χ1) is 14.1. The summed E-state index contributed by atoms with van der Waals surface area (Å²) in [5.74, 6) is 2.30. The minimum absolute atomic E-state index is 0.0778. The standard InChI is InChI=1S/C27H37N3/c1-17(2)21-12-10-13-22(18(3)4)25(21)30(16-28)26(29)23-11-8-9-14-24(23)27(7)15-19(5)20(27)6/h8-14,16-20,28-29H,15H2,1-7H3. The summed E-state index contributed by atoms with van der Waals surface area (Å²) in [6.45, 7) is 15.7. The zero-order valence-electron chi connectivity index (χ0n) is 19.6. The van der Waals surface area contributed by atoms with Crippen LogP contribution in [0.5, 0.6) is 0 Å². The van der Waals surface area contributed by atoms with E-state index in [4.69, 9.17) is 5.41 Å². The zero-order chi connectivity index (χ0) is 22.2. The van der Waals surface area contributed by atoms with Crippen LogP contribution in [0, 0.1) is 22.7 Å². The molecule has 0 aliphatic heterocycles. The van der Waals surface area contributed by atoms with Gasteiger partial charge in [0.1, 0.15) is 5.84 Å². The van der Waals surface area contributed by atoms with Gasteiger partial charge in [0.25, 0.3) is 0 Å². The van der Waals surface area contributed by atoms with E-state index in [1.807, 2.05) is 6.07 Å². The number of nitrogens with zero attached hydrogens (tertiary/aromatic N) is 1. The predicted molar refractivity (Wildman–Crippen MR) is 129 cm³/mol. The van der Waals surface area contributed by atoms with Crippen LogP contribution in [0.15, 0.2) is 42.5 Å². The minimum atomic E-state index is 0.0778. The molecule has 2 aromatic carbocycles. The lowest BCUT2D eigenvalue weighted by atomic mass is 9.52. The molecule has 0 spiro atoms. The van der Waals surface area contributed by atoms with Gasteiger partial charge in [-0.25, -0.2) is 0 Å². The number of nitrogens with one attached hydrogen (secondary N) is 2. The fourth-order valence-electron chi connectivity index (χ4n) is 5.20. The van der Waals surface area contributed by atoms with Gasteiger partial charge in [-0.15, -0.1) is 0 Å². The summed E-state index contributed by atoms with van der Waals surface area (Å²) in [6.07, 6.45) is 2.46. The molecule has 1 aliphatic carbocycles. The number of rotatable bonds is 6. The third kappa shape index (κ3) is 3.59. The molecule has 1 aliphatic rings. The largest absolute Gasteiger partial charge is 0.291 e. The molecular weight excluding hydrogens is 366 g/mol. The lowest BCUT2D eigenvalue weighted by molar-refractivity contribution is 0.0738. The SMILES string of the molecule is CC(C)c1cccc(C(C)C)c1N(C=N)C(=N)c1ccccc1C1(C)CC(C)C1C. The van der Waals surface area contributed by atoms with Crippen LogP contribution >= 0.6 is 0 Å². The Morgan fingerprint density at radius 2 is 1.57 bits per heavy atom. The molecule has 3 rings (SSSR count). The predicted octanol–water partition coefficient (Wildman–Crippen LogP) is 7.31. The van der Waals surface area contributed by atoms with Crippen molar-refractivity contribution in [3.8, 4) is 0 Å². The summed E-state index contributed by atoms with van der Waals surface area (Å²) in [6, 6.07) is 14.7. The zero-order valence-corrected chi connectivity index (χ0v) is 19.6. The maximum atomic E-state index is 9.21. The molecule has 1 saturated carbocycles. The monoisotopic (exact) mass is 403 g/mol. The second-order valence-corrected chi connectivity index (χ2v) is 9.88. The molecule has 3 unspecified atom stereocenters. The van der Waals surface area contributed by atoms with Crippen LogP contribution in [0.3, 0.4) is 0 Å². The van der Waals surface area contributed by atoms with E-state index in [2.05, 4.69) is 84.9 Å². The Hall–Kier alpha value is -2.42. The first-order valence-corrected chi connectivity index (χ1v) is 11.2. The normalized spacial score (nSPS) is 23.4. The summed E-state index contributed by atoms with van der Waals surface area (Å²) in [5.41, 5.74) is 5.62. The molecule has 1 fully saturated rings. The number of hydrogen-bond acceptors (Lipinski definition) is 2. The van der Waals surface area contributed by atoms with E-state index in [-0.39, 0.29) is 5.41 Å². The molecule has 30 heavy (non-hydrogen) atoms. The smallest absolute Gasteiger partial charge is 0.138 e. The van der Waals surface area contributed by atoms with Gasteiger partial charge in [-0.3, -0.25) is 15.7 Å². The van der Waals surface area contributed by atoms with Gasteiger partial charge in [0, 0.05) is 5.56 Å². The van der Waals surface area contributed by atoms with Crippen molar-refractivity contribution in [3.63, 3.8) is 0 Å². The van der Waals surface area contributed by atoms with Gasteiger partial charge in [0.15, 0.2) is 0 Å². The Morgan fingerprint density at radius 3 is 2.03 bits per heavy atom. The third-order valence-corrected chi connectivity index (χ3v) is 7.36. The first-order valence-electron chi connectivity index (χ1n) is 11.2. The van der Waals surface area contributed by atoms with E-state index in [1.165, 1.54) is 23.0 Å². The van der Waals surface area contributed by atoms with Gasteiger partial charge in [0.05, 0.1) is 12.0 Å². The molecule has 0 saturated heterocycles. The molecule has 0 amide bonds. The van der Waals surface area contributed by atoms with E-state index in [0.717, 1.165) is 17.7 Å². The van der Waals surface area contributed by atoms with Crippen molar-refractivity contribution in [3.05, 3.63) is 64.7 Å². The van der Waals surface area contributed by atoms with Crippen LogP contribution in [0.25, 0.3) is 0 Å². The van der Waals surface area contributed by atoms with Crippen LogP contribution in [0.1, 0.15) is 89.0 Å². The van der Waals surface area contributed by atoms with Crippen LogP contribution in [0.4, 0.5) is 5.69 Å². The summed E-state index contributed by atoms with van der Waals surface area (Å²) in [5, 5.41) is 17.5. The maximum Gasteiger partial charge on any atom is 0.138 e. The van der Waals surface area contributed by atoms with Crippen LogP contribution in [-0.2, 0) is 5.41 Å². The fourth-order valence-corrected chi connectivity index (χ4v) is 5.20. The average Bonchev–Trinajstić information content (AvgIpc) is 2.73. The molecule has 2 aromatic rings. The van der Waals surface area contributed by atoms with Crippen LogP contribution < -0.4 is 4.90 Å². The van der Waals surface area contributed by atoms with Crippen molar-refractivity contribution >= 4 is 17.9 Å². The van der Waals surface area contributed by atoms with Crippen molar-refractivity contribution in [2.24, 2.45) is 11.8 Å². The van der Waals surface area contributed by atoms with Crippen molar-refractivity contribution in [2.75, 3.05) is 4.90 Å². The van der Waals surface area contributed by atoms with Gasteiger partial charge in [-0.1, -0.05) is 90.9 Å². The molecular formula is C27H37N3. The summed E-state index contributed by atoms with van der Waals surface area (Å²) in [4.78, 5) is 1.79. The second kappa shape index (κ2) is 8.37. The van der Waals surface area contributed by atoms with Crippen molar-refractivity contribution in [2.45, 2.75) is 72.1 Å². The quantitative estimate of drug-likeness (QED) is 0.385. The van der Waals surface area contributed by atoms with Gasteiger partial charge in [0.2, 0.25) is 0 Å². The molecule has 3 atom stereocenters. The topological polar surface area (TPSA) is 50.9 Å². The van der Waals surface area contributed by atoms with E-state index in [0.29, 0.717) is 29.5 Å². The second-order valence-electron chi connectivity index (χ2n) is 9.88. The number of para-hydroxylation sites is 1. The summed E-state index contributed by atoms with van der Waals surface area (Å²) < 4.78 is 0. The van der Waals surface area contributed by atoms with Crippen molar-refractivity contribution in [1.29, 1.82) is 10.8 Å². The Bertz CT molecular complexity index is 917. The molecule has 2 N–H and O–H groups in total. The molecule has 0 aromatic heterocycles. The lowest BCUT2D eigenvalue weighted by Crippen LogP contribution is -2.48. The molecule has 0 bridgehead atoms. The maximum absolute atomic E-state index is 9.21. The van der Waals surface area contributed by atoms with Crippen molar-refractivity contribution < 1.29 is 0 Å². The molecule has 0 heterocycles. The van der Waals surface area contributed by atoms with Gasteiger partial charge < -0.3 is 0 Å². The van der Waals surface area contributed by atoms with Gasteiger partial charge in [-0.05, 0) is 52.2 Å². The third-order valence-electron chi connectivity index (χ3n) is 7.36. The highest BCUT2D eigenvalue weighted by molar-refractivity contribution is 6.19. The molecule has 160 valence electrons. The Balaban J connectivity index is 2.14. The Kier molecular flexibility index (Phi) is 6.21. The molecule has 3 heteroatoms. The van der Waals surface area contributed by atoms with Crippen LogP contribution in [-0.4, -0.2) is 12.2 Å². The summed E-state index contributed by atoms with van der Waals surface area (Å²) >= 11 is 0. The lowest BCUT2D eigenvalue weighted by Gasteiger charge is -2.52. The number of hydrogen-bond donors (Lipinski definition) is 2. The van der Waals surface area contributed by atoms with Gasteiger partial charge in [-0.2, -0.15) is 0 Å².